The third-order valence-corrected chi connectivity index (χ3v) is 5.72. The zero-order chi connectivity index (χ0) is 23.1. The number of nitriles is 1. The Morgan fingerprint density at radius 2 is 2.06 bits per heavy atom. The minimum atomic E-state index is -0.435. The van der Waals surface area contributed by atoms with Crippen LogP contribution in [0.4, 0.5) is 5.82 Å². The average molecular weight is 457 g/mol. The van der Waals surface area contributed by atoms with Crippen molar-refractivity contribution in [3.63, 3.8) is 0 Å². The third-order valence-electron chi connectivity index (χ3n) is 5.40. The number of rotatable bonds is 4. The number of H-pyrrole nitrogens is 1. The molecule has 3 heterocycles. The van der Waals surface area contributed by atoms with Crippen molar-refractivity contribution in [2.24, 2.45) is 0 Å². The van der Waals surface area contributed by atoms with Crippen LogP contribution >= 0.6 is 11.6 Å². The maximum absolute atomic E-state index is 13.0. The van der Waals surface area contributed by atoms with Crippen LogP contribution in [0.5, 0.6) is 5.75 Å². The van der Waals surface area contributed by atoms with Gasteiger partial charge in [0.15, 0.2) is 11.6 Å². The fraction of sp³-hybridized carbons (Fsp3) is 0.0833. The van der Waals surface area contributed by atoms with Crippen molar-refractivity contribution < 1.29 is 9.53 Å². The van der Waals surface area contributed by atoms with Crippen molar-refractivity contribution in [2.75, 3.05) is 12.4 Å². The van der Waals surface area contributed by atoms with Crippen LogP contribution in [0.3, 0.4) is 0 Å². The number of pyridine rings is 1. The Balaban J connectivity index is 1.59. The second-order valence-corrected chi connectivity index (χ2v) is 7.83. The van der Waals surface area contributed by atoms with Crippen LogP contribution in [-0.4, -0.2) is 32.8 Å². The van der Waals surface area contributed by atoms with Gasteiger partial charge in [-0.15, -0.1) is 0 Å². The van der Waals surface area contributed by atoms with E-state index in [2.05, 4.69) is 21.5 Å². The topological polar surface area (TPSA) is 109 Å². The van der Waals surface area contributed by atoms with E-state index in [0.29, 0.717) is 33.3 Å². The van der Waals surface area contributed by atoms with E-state index < -0.39 is 5.91 Å². The molecule has 5 aromatic rings. The number of carbonyl (C=O) groups excluding carboxylic acids is 1. The second kappa shape index (κ2) is 7.97. The molecule has 1 amide bonds. The van der Waals surface area contributed by atoms with E-state index in [0.717, 1.165) is 16.3 Å². The first-order valence-corrected chi connectivity index (χ1v) is 10.4. The number of ether oxygens (including phenoxy) is 1. The van der Waals surface area contributed by atoms with Gasteiger partial charge in [0.05, 0.1) is 23.8 Å². The highest BCUT2D eigenvalue weighted by Crippen LogP contribution is 2.29. The van der Waals surface area contributed by atoms with Crippen LogP contribution in [-0.2, 0) is 0 Å². The van der Waals surface area contributed by atoms with Crippen molar-refractivity contribution in [1.82, 2.24) is 19.7 Å². The first-order chi connectivity index (χ1) is 16.0. The van der Waals surface area contributed by atoms with E-state index >= 15 is 0 Å². The first kappa shape index (κ1) is 20.5. The van der Waals surface area contributed by atoms with Crippen LogP contribution in [0, 0.1) is 18.3 Å². The molecular formula is C24H17ClN6O2. The average Bonchev–Trinajstić information content (AvgIpc) is 3.43. The summed E-state index contributed by atoms with van der Waals surface area (Å²) in [5.41, 5.74) is 2.78. The molecule has 8 nitrogen and oxygen atoms in total. The summed E-state index contributed by atoms with van der Waals surface area (Å²) < 4.78 is 6.90. The summed E-state index contributed by atoms with van der Waals surface area (Å²) in [4.78, 5) is 20.8. The Morgan fingerprint density at radius 1 is 1.24 bits per heavy atom. The third kappa shape index (κ3) is 3.45. The number of carbonyl (C=O) groups is 1. The Kier molecular flexibility index (Phi) is 4.96. The monoisotopic (exact) mass is 456 g/mol. The predicted octanol–water partition coefficient (Wildman–Crippen LogP) is 5.00. The number of methoxy groups -OCH3 is 1. The molecule has 0 bridgehead atoms. The van der Waals surface area contributed by atoms with Crippen LogP contribution < -0.4 is 10.1 Å². The van der Waals surface area contributed by atoms with Crippen LogP contribution in [0.2, 0.25) is 5.02 Å². The number of aromatic amines is 1. The van der Waals surface area contributed by atoms with E-state index in [4.69, 9.17) is 21.3 Å². The van der Waals surface area contributed by atoms with E-state index in [1.54, 1.807) is 19.2 Å². The van der Waals surface area contributed by atoms with Gasteiger partial charge in [-0.1, -0.05) is 35.9 Å². The Bertz CT molecular complexity index is 1590. The standard InChI is InChI=1S/C24H17ClN6O2/c1-13-9-20(29-22-16(13)6-4-8-19(22)33-2)31-23(15(11-26)12-27-31)30-24(32)18-10-14-5-3-7-17(25)21(14)28-18/h3-10,12,28H,1-2H3,(H,30,32). The smallest absolute Gasteiger partial charge is 0.273 e. The molecule has 0 aliphatic carbocycles. The summed E-state index contributed by atoms with van der Waals surface area (Å²) in [5.74, 6) is 0.843. The van der Waals surface area contributed by atoms with Crippen molar-refractivity contribution in [1.29, 1.82) is 5.26 Å². The first-order valence-electron chi connectivity index (χ1n) is 10.0. The molecular weight excluding hydrogens is 440 g/mol. The van der Waals surface area contributed by atoms with Crippen LogP contribution in [0.15, 0.2) is 54.7 Å². The lowest BCUT2D eigenvalue weighted by molar-refractivity contribution is 0.102. The number of nitrogens with zero attached hydrogens (tertiary/aromatic N) is 4. The second-order valence-electron chi connectivity index (χ2n) is 7.43. The molecule has 5 rings (SSSR count). The number of hydrogen-bond acceptors (Lipinski definition) is 5. The summed E-state index contributed by atoms with van der Waals surface area (Å²) in [6, 6.07) is 16.7. The van der Waals surface area contributed by atoms with Gasteiger partial charge >= 0.3 is 0 Å². The molecule has 162 valence electrons. The molecule has 2 N–H and O–H groups in total. The number of aromatic nitrogens is 4. The van der Waals surface area contributed by atoms with Gasteiger partial charge in [-0.2, -0.15) is 15.0 Å². The molecule has 2 aromatic carbocycles. The molecule has 9 heteroatoms. The SMILES string of the molecule is COc1cccc2c(C)cc(-n3ncc(C#N)c3NC(=O)c3cc4cccc(Cl)c4[nH]3)nc12. The molecule has 0 fully saturated rings. The van der Waals surface area contributed by atoms with Crippen LogP contribution in [0.1, 0.15) is 21.6 Å². The van der Waals surface area contributed by atoms with E-state index in [1.165, 1.54) is 10.9 Å². The van der Waals surface area contributed by atoms with E-state index in [1.807, 2.05) is 43.3 Å². The van der Waals surface area contributed by atoms with Crippen molar-refractivity contribution in [3.8, 4) is 17.6 Å². The molecule has 0 spiro atoms. The number of halogens is 1. The number of nitrogens with one attached hydrogen (secondary N) is 2. The summed E-state index contributed by atoms with van der Waals surface area (Å²) in [6.45, 7) is 1.95. The molecule has 0 saturated heterocycles. The van der Waals surface area contributed by atoms with Crippen molar-refractivity contribution in [3.05, 3.63) is 76.6 Å². The summed E-state index contributed by atoms with van der Waals surface area (Å²) in [6.07, 6.45) is 1.39. The lowest BCUT2D eigenvalue weighted by atomic mass is 10.1. The number of aryl methyl sites for hydroxylation is 1. The minimum absolute atomic E-state index is 0.206. The molecule has 0 aliphatic heterocycles. The highest BCUT2D eigenvalue weighted by Gasteiger charge is 2.20. The number of hydrogen-bond donors (Lipinski definition) is 2. The van der Waals surface area contributed by atoms with E-state index in [-0.39, 0.29) is 11.4 Å². The van der Waals surface area contributed by atoms with Gasteiger partial charge in [0.2, 0.25) is 0 Å². The van der Waals surface area contributed by atoms with Gasteiger partial charge in [0, 0.05) is 10.8 Å². The fourth-order valence-electron chi connectivity index (χ4n) is 3.79. The van der Waals surface area contributed by atoms with Gasteiger partial charge < -0.3 is 15.0 Å². The number of benzene rings is 2. The highest BCUT2D eigenvalue weighted by atomic mass is 35.5. The maximum atomic E-state index is 13.0. The van der Waals surface area contributed by atoms with Gasteiger partial charge in [-0.25, -0.2) is 4.98 Å². The largest absolute Gasteiger partial charge is 0.494 e. The number of amides is 1. The molecule has 33 heavy (non-hydrogen) atoms. The summed E-state index contributed by atoms with van der Waals surface area (Å²) >= 11 is 6.22. The van der Waals surface area contributed by atoms with Gasteiger partial charge in [-0.3, -0.25) is 4.79 Å². The zero-order valence-electron chi connectivity index (χ0n) is 17.7. The van der Waals surface area contributed by atoms with Crippen LogP contribution in [0.25, 0.3) is 27.6 Å². The number of para-hydroxylation sites is 2. The van der Waals surface area contributed by atoms with Crippen molar-refractivity contribution >= 4 is 45.1 Å². The highest BCUT2D eigenvalue weighted by molar-refractivity contribution is 6.35. The molecule has 0 atom stereocenters. The quantitative estimate of drug-likeness (QED) is 0.395. The summed E-state index contributed by atoms with van der Waals surface area (Å²) in [7, 11) is 1.58. The summed E-state index contributed by atoms with van der Waals surface area (Å²) in [5, 5.41) is 19.0. The Hall–Kier alpha value is -4.35. The molecule has 0 radical (unpaired) electrons. The Morgan fingerprint density at radius 3 is 2.82 bits per heavy atom. The molecule has 0 unspecified atom stereocenters. The predicted molar refractivity (Wildman–Crippen MR) is 126 cm³/mol. The minimum Gasteiger partial charge on any atom is -0.494 e. The zero-order valence-corrected chi connectivity index (χ0v) is 18.4. The molecule has 0 aliphatic rings. The number of anilines is 1. The maximum Gasteiger partial charge on any atom is 0.273 e. The van der Waals surface area contributed by atoms with Gasteiger partial charge in [0.1, 0.15) is 28.6 Å². The lowest BCUT2D eigenvalue weighted by Gasteiger charge is -2.12. The van der Waals surface area contributed by atoms with Crippen molar-refractivity contribution in [2.45, 2.75) is 6.92 Å². The van der Waals surface area contributed by atoms with Gasteiger partial charge in [0.25, 0.3) is 5.91 Å². The number of fused-ring (bicyclic) bond motifs is 2. The Labute approximate surface area is 193 Å². The van der Waals surface area contributed by atoms with Gasteiger partial charge in [-0.05, 0) is 36.8 Å². The fourth-order valence-corrected chi connectivity index (χ4v) is 4.02. The molecule has 3 aromatic heterocycles. The normalized spacial score (nSPS) is 11.0. The lowest BCUT2D eigenvalue weighted by Crippen LogP contribution is -2.17. The molecule has 0 saturated carbocycles. The van der Waals surface area contributed by atoms with E-state index in [9.17, 15) is 10.1 Å².